The highest BCUT2D eigenvalue weighted by molar-refractivity contribution is 6.35. The summed E-state index contributed by atoms with van der Waals surface area (Å²) in [4.78, 5) is 11.8. The van der Waals surface area contributed by atoms with Crippen LogP contribution < -0.4 is 0 Å². The molecule has 0 amide bonds. The van der Waals surface area contributed by atoms with Crippen LogP contribution >= 0.6 is 23.2 Å². The standard InChI is InChI=1S/C15H18Cl2O2/c1-3-14(4-2)8-15(9-14,13(18)19)11-6-5-10(16)7-12(11)17/h5-7H,3-4,8-9H2,1-2H3,(H,18,19). The Labute approximate surface area is 123 Å². The quantitative estimate of drug-likeness (QED) is 0.857. The third-order valence-corrected chi connectivity index (χ3v) is 5.26. The van der Waals surface area contributed by atoms with E-state index < -0.39 is 11.4 Å². The van der Waals surface area contributed by atoms with E-state index in [1.54, 1.807) is 18.2 Å². The van der Waals surface area contributed by atoms with Crippen molar-refractivity contribution in [3.05, 3.63) is 33.8 Å². The first-order valence-corrected chi connectivity index (χ1v) is 7.34. The van der Waals surface area contributed by atoms with E-state index in [-0.39, 0.29) is 5.41 Å². The molecule has 2 nitrogen and oxygen atoms in total. The van der Waals surface area contributed by atoms with Crippen molar-refractivity contribution in [2.45, 2.75) is 44.9 Å². The van der Waals surface area contributed by atoms with Crippen molar-refractivity contribution in [2.24, 2.45) is 5.41 Å². The molecule has 0 unspecified atom stereocenters. The number of benzene rings is 1. The minimum atomic E-state index is -0.840. The molecule has 0 radical (unpaired) electrons. The van der Waals surface area contributed by atoms with E-state index in [1.165, 1.54) is 0 Å². The lowest BCUT2D eigenvalue weighted by Gasteiger charge is -2.54. The summed E-state index contributed by atoms with van der Waals surface area (Å²) < 4.78 is 0. The Morgan fingerprint density at radius 3 is 2.26 bits per heavy atom. The molecule has 0 aromatic heterocycles. The lowest BCUT2D eigenvalue weighted by atomic mass is 9.48. The van der Waals surface area contributed by atoms with Gasteiger partial charge in [0.25, 0.3) is 0 Å². The first kappa shape index (κ1) is 14.7. The number of carboxylic acid groups (broad SMARTS) is 1. The summed E-state index contributed by atoms with van der Waals surface area (Å²) in [6.07, 6.45) is 3.32. The second-order valence-electron chi connectivity index (χ2n) is 5.57. The highest BCUT2D eigenvalue weighted by Gasteiger charge is 2.58. The van der Waals surface area contributed by atoms with Crippen molar-refractivity contribution in [2.75, 3.05) is 0 Å². The van der Waals surface area contributed by atoms with Crippen LogP contribution in [-0.2, 0) is 10.2 Å². The van der Waals surface area contributed by atoms with Gasteiger partial charge in [-0.25, -0.2) is 0 Å². The van der Waals surface area contributed by atoms with Crippen molar-refractivity contribution in [3.63, 3.8) is 0 Å². The topological polar surface area (TPSA) is 37.3 Å². The summed E-state index contributed by atoms with van der Waals surface area (Å²) in [6.45, 7) is 4.25. The second-order valence-corrected chi connectivity index (χ2v) is 6.42. The number of rotatable bonds is 4. The van der Waals surface area contributed by atoms with Gasteiger partial charge in [-0.2, -0.15) is 0 Å². The maximum Gasteiger partial charge on any atom is 0.314 e. The summed E-state index contributed by atoms with van der Waals surface area (Å²) in [7, 11) is 0. The number of halogens is 2. The van der Waals surface area contributed by atoms with Gasteiger partial charge in [0.15, 0.2) is 0 Å². The van der Waals surface area contributed by atoms with Crippen LogP contribution in [0.2, 0.25) is 10.0 Å². The van der Waals surface area contributed by atoms with E-state index in [0.29, 0.717) is 28.5 Å². The highest BCUT2D eigenvalue weighted by Crippen LogP contribution is 2.60. The summed E-state index contributed by atoms with van der Waals surface area (Å²) in [5.74, 6) is -0.783. The first-order valence-electron chi connectivity index (χ1n) is 6.58. The van der Waals surface area contributed by atoms with Crippen molar-refractivity contribution >= 4 is 29.2 Å². The van der Waals surface area contributed by atoms with Gasteiger partial charge in [0.1, 0.15) is 0 Å². The molecule has 1 aromatic carbocycles. The normalized spacial score (nSPS) is 19.8. The molecule has 2 rings (SSSR count). The molecule has 0 heterocycles. The Bertz CT molecular complexity index is 499. The largest absolute Gasteiger partial charge is 0.481 e. The van der Waals surface area contributed by atoms with Gasteiger partial charge in [-0.05, 0) is 36.0 Å². The highest BCUT2D eigenvalue weighted by atomic mass is 35.5. The lowest BCUT2D eigenvalue weighted by Crippen LogP contribution is -2.54. The Morgan fingerprint density at radius 2 is 1.84 bits per heavy atom. The zero-order chi connectivity index (χ0) is 14.3. The number of hydrogen-bond acceptors (Lipinski definition) is 1. The van der Waals surface area contributed by atoms with Crippen molar-refractivity contribution < 1.29 is 9.90 Å². The van der Waals surface area contributed by atoms with Crippen molar-refractivity contribution in [1.82, 2.24) is 0 Å². The van der Waals surface area contributed by atoms with Gasteiger partial charge in [-0.15, -0.1) is 0 Å². The molecule has 1 aliphatic carbocycles. The lowest BCUT2D eigenvalue weighted by molar-refractivity contribution is -0.155. The molecule has 104 valence electrons. The van der Waals surface area contributed by atoms with Gasteiger partial charge < -0.3 is 5.11 Å². The predicted octanol–water partition coefficient (Wildman–Crippen LogP) is 4.92. The van der Waals surface area contributed by atoms with Crippen LogP contribution in [0.4, 0.5) is 0 Å². The number of hydrogen-bond donors (Lipinski definition) is 1. The minimum Gasteiger partial charge on any atom is -0.481 e. The molecule has 1 aromatic rings. The van der Waals surface area contributed by atoms with Crippen LogP contribution in [0.5, 0.6) is 0 Å². The fourth-order valence-electron chi connectivity index (χ4n) is 3.31. The minimum absolute atomic E-state index is 0.140. The molecule has 1 fully saturated rings. The third kappa shape index (κ3) is 2.25. The van der Waals surface area contributed by atoms with Crippen LogP contribution in [0.15, 0.2) is 18.2 Å². The Balaban J connectivity index is 2.41. The third-order valence-electron chi connectivity index (χ3n) is 4.71. The summed E-state index contributed by atoms with van der Waals surface area (Å²) in [6, 6.07) is 5.10. The van der Waals surface area contributed by atoms with E-state index >= 15 is 0 Å². The van der Waals surface area contributed by atoms with Gasteiger partial charge in [0.2, 0.25) is 0 Å². The van der Waals surface area contributed by atoms with E-state index in [4.69, 9.17) is 23.2 Å². The Hall–Kier alpha value is -0.730. The molecule has 1 aliphatic rings. The SMILES string of the molecule is CCC1(CC)CC(C(=O)O)(c2ccc(Cl)cc2Cl)C1. The molecular weight excluding hydrogens is 283 g/mol. The fourth-order valence-corrected chi connectivity index (χ4v) is 3.90. The molecule has 1 N–H and O–H groups in total. The summed E-state index contributed by atoms with van der Waals surface area (Å²) in [5.41, 5.74) is -0.00159. The van der Waals surface area contributed by atoms with Gasteiger partial charge >= 0.3 is 5.97 Å². The number of carbonyl (C=O) groups is 1. The van der Waals surface area contributed by atoms with Crippen LogP contribution in [0.3, 0.4) is 0 Å². The van der Waals surface area contributed by atoms with E-state index in [2.05, 4.69) is 13.8 Å². The predicted molar refractivity (Wildman–Crippen MR) is 78.0 cm³/mol. The zero-order valence-electron chi connectivity index (χ0n) is 11.2. The van der Waals surface area contributed by atoms with Gasteiger partial charge in [-0.3, -0.25) is 4.79 Å². The van der Waals surface area contributed by atoms with E-state index in [9.17, 15) is 9.90 Å². The summed E-state index contributed by atoms with van der Waals surface area (Å²) >= 11 is 12.1. The maximum absolute atomic E-state index is 11.8. The maximum atomic E-state index is 11.8. The molecule has 0 spiro atoms. The van der Waals surface area contributed by atoms with Crippen LogP contribution in [0, 0.1) is 5.41 Å². The molecule has 0 aliphatic heterocycles. The van der Waals surface area contributed by atoms with Crippen LogP contribution in [-0.4, -0.2) is 11.1 Å². The van der Waals surface area contributed by atoms with E-state index in [0.717, 1.165) is 12.8 Å². The number of carboxylic acids is 1. The Kier molecular flexibility index (Phi) is 3.85. The van der Waals surface area contributed by atoms with Crippen LogP contribution in [0.1, 0.15) is 45.1 Å². The van der Waals surface area contributed by atoms with Crippen LogP contribution in [0.25, 0.3) is 0 Å². The molecule has 0 atom stereocenters. The van der Waals surface area contributed by atoms with E-state index in [1.807, 2.05) is 0 Å². The summed E-state index contributed by atoms with van der Waals surface area (Å²) in [5, 5.41) is 10.7. The monoisotopic (exact) mass is 300 g/mol. The molecule has 0 saturated heterocycles. The second kappa shape index (κ2) is 4.99. The van der Waals surface area contributed by atoms with Crippen molar-refractivity contribution in [3.8, 4) is 0 Å². The zero-order valence-corrected chi connectivity index (χ0v) is 12.7. The average molecular weight is 301 g/mol. The van der Waals surface area contributed by atoms with Gasteiger partial charge in [0.05, 0.1) is 5.41 Å². The molecular formula is C15H18Cl2O2. The van der Waals surface area contributed by atoms with Gasteiger partial charge in [-0.1, -0.05) is 56.0 Å². The molecule has 0 bridgehead atoms. The molecule has 4 heteroatoms. The first-order chi connectivity index (χ1) is 8.89. The Morgan fingerprint density at radius 1 is 1.26 bits per heavy atom. The smallest absolute Gasteiger partial charge is 0.314 e. The average Bonchev–Trinajstić information content (AvgIpc) is 2.31. The van der Waals surface area contributed by atoms with Crippen molar-refractivity contribution in [1.29, 1.82) is 0 Å². The molecule has 1 saturated carbocycles. The fraction of sp³-hybridized carbons (Fsp3) is 0.533. The molecule has 19 heavy (non-hydrogen) atoms. The van der Waals surface area contributed by atoms with Gasteiger partial charge in [0, 0.05) is 10.0 Å². The number of aliphatic carboxylic acids is 1.